The number of hydrogen-bond acceptors (Lipinski definition) is 3. The zero-order chi connectivity index (χ0) is 21.1. The average molecular weight is 408 g/mol. The number of rotatable bonds is 6. The van der Waals surface area contributed by atoms with Crippen LogP contribution in [0, 0.1) is 11.3 Å². The van der Waals surface area contributed by atoms with Crippen molar-refractivity contribution in [2.45, 2.75) is 44.9 Å². The maximum absolute atomic E-state index is 12.5. The van der Waals surface area contributed by atoms with Gasteiger partial charge in [0.2, 0.25) is 0 Å². The predicted molar refractivity (Wildman–Crippen MR) is 115 cm³/mol. The predicted octanol–water partition coefficient (Wildman–Crippen LogP) is 5.20. The van der Waals surface area contributed by atoms with Crippen LogP contribution in [0.2, 0.25) is 0 Å². The number of aliphatic carboxylic acids is 1. The third-order valence-electron chi connectivity index (χ3n) is 6.89. The lowest BCUT2D eigenvalue weighted by Gasteiger charge is -2.37. The highest BCUT2D eigenvalue weighted by atomic mass is 16.5. The Morgan fingerprint density at radius 1 is 1.10 bits per heavy atom. The molecule has 0 spiro atoms. The Kier molecular flexibility index (Phi) is 5.80. The van der Waals surface area contributed by atoms with Gasteiger partial charge in [-0.25, -0.2) is 4.79 Å². The molecule has 2 aliphatic carbocycles. The number of carboxylic acids is 1. The molecule has 2 aromatic rings. The molecular weight excluding hydrogens is 378 g/mol. The monoisotopic (exact) mass is 407 g/mol. The summed E-state index contributed by atoms with van der Waals surface area (Å²) in [6.45, 7) is 2.45. The van der Waals surface area contributed by atoms with Gasteiger partial charge in [-0.3, -0.25) is 4.79 Å². The summed E-state index contributed by atoms with van der Waals surface area (Å²) in [5, 5.41) is 12.6. The molecule has 0 saturated heterocycles. The third kappa shape index (κ3) is 3.81. The van der Waals surface area contributed by atoms with Gasteiger partial charge in [-0.05, 0) is 41.0 Å². The fourth-order valence-electron chi connectivity index (χ4n) is 5.16. The van der Waals surface area contributed by atoms with Crippen molar-refractivity contribution in [1.82, 2.24) is 5.32 Å². The number of fused-ring (bicyclic) bond motifs is 3. The Morgan fingerprint density at radius 3 is 2.33 bits per heavy atom. The van der Waals surface area contributed by atoms with Crippen LogP contribution in [0.3, 0.4) is 0 Å². The summed E-state index contributed by atoms with van der Waals surface area (Å²) in [4.78, 5) is 24.5. The molecule has 0 aromatic heterocycles. The third-order valence-corrected chi connectivity index (χ3v) is 6.89. The molecule has 2 aliphatic rings. The molecule has 30 heavy (non-hydrogen) atoms. The van der Waals surface area contributed by atoms with E-state index in [4.69, 9.17) is 4.74 Å². The van der Waals surface area contributed by atoms with Crippen LogP contribution in [0.5, 0.6) is 0 Å². The van der Waals surface area contributed by atoms with E-state index in [1.165, 1.54) is 11.1 Å². The Balaban J connectivity index is 1.40. The van der Waals surface area contributed by atoms with Crippen molar-refractivity contribution >= 4 is 12.1 Å². The molecule has 158 valence electrons. The van der Waals surface area contributed by atoms with E-state index >= 15 is 0 Å². The van der Waals surface area contributed by atoms with Crippen molar-refractivity contribution < 1.29 is 19.4 Å². The molecule has 0 aliphatic heterocycles. The first kappa shape index (κ1) is 20.5. The second-order valence-corrected chi connectivity index (χ2v) is 8.64. The molecule has 5 heteroatoms. The van der Waals surface area contributed by atoms with Crippen molar-refractivity contribution in [3.63, 3.8) is 0 Å². The van der Waals surface area contributed by atoms with Crippen molar-refractivity contribution in [1.29, 1.82) is 0 Å². The number of carboxylic acid groups (broad SMARTS) is 1. The molecule has 1 saturated carbocycles. The van der Waals surface area contributed by atoms with Crippen molar-refractivity contribution in [2.24, 2.45) is 11.3 Å². The zero-order valence-electron chi connectivity index (χ0n) is 17.4. The van der Waals surface area contributed by atoms with E-state index in [1.807, 2.05) is 24.3 Å². The summed E-state index contributed by atoms with van der Waals surface area (Å²) in [6, 6.07) is 16.4. The van der Waals surface area contributed by atoms with Crippen LogP contribution in [-0.4, -0.2) is 30.3 Å². The fraction of sp³-hybridized carbons (Fsp3) is 0.440. The first-order chi connectivity index (χ1) is 14.5. The van der Waals surface area contributed by atoms with E-state index in [0.717, 1.165) is 30.4 Å². The number of ether oxygens (including phenoxy) is 1. The Labute approximate surface area is 177 Å². The average Bonchev–Trinajstić information content (AvgIpc) is 3.10. The summed E-state index contributed by atoms with van der Waals surface area (Å²) in [7, 11) is 0. The van der Waals surface area contributed by atoms with Crippen LogP contribution in [0.4, 0.5) is 4.79 Å². The van der Waals surface area contributed by atoms with Gasteiger partial charge in [0.25, 0.3) is 0 Å². The summed E-state index contributed by atoms with van der Waals surface area (Å²) in [6.07, 6.45) is 3.59. The molecule has 0 heterocycles. The highest BCUT2D eigenvalue weighted by molar-refractivity contribution is 5.79. The first-order valence-electron chi connectivity index (χ1n) is 10.9. The van der Waals surface area contributed by atoms with Crippen molar-refractivity contribution in [3.8, 4) is 11.1 Å². The number of nitrogens with one attached hydrogen (secondary N) is 1. The summed E-state index contributed by atoms with van der Waals surface area (Å²) >= 11 is 0. The number of carbonyl (C=O) groups excluding carboxylic acids is 1. The number of carbonyl (C=O) groups is 2. The molecule has 1 fully saturated rings. The summed E-state index contributed by atoms with van der Waals surface area (Å²) < 4.78 is 5.57. The van der Waals surface area contributed by atoms with Crippen molar-refractivity contribution in [2.75, 3.05) is 13.2 Å². The number of amides is 1. The lowest BCUT2D eigenvalue weighted by atomic mass is 9.69. The molecule has 0 bridgehead atoms. The first-order valence-corrected chi connectivity index (χ1v) is 10.9. The normalized spacial score (nSPS) is 22.8. The quantitative estimate of drug-likeness (QED) is 0.690. The Hall–Kier alpha value is -2.82. The molecule has 2 unspecified atom stereocenters. The number of benzene rings is 2. The van der Waals surface area contributed by atoms with Crippen molar-refractivity contribution in [3.05, 3.63) is 59.7 Å². The smallest absolute Gasteiger partial charge is 0.407 e. The van der Waals surface area contributed by atoms with E-state index in [0.29, 0.717) is 18.8 Å². The molecular formula is C25H29NO4. The summed E-state index contributed by atoms with van der Waals surface area (Å²) in [5.74, 6) is -0.422. The summed E-state index contributed by atoms with van der Waals surface area (Å²) in [5.41, 5.74) is 3.79. The standard InChI is InChI=1S/C25H29NO4/c1-2-17-8-7-13-25(14-17,23(27)28)16-26-24(29)30-15-22-20-11-5-3-9-18(20)19-10-4-6-12-21(19)22/h3-6,9-12,17,22H,2,7-8,13-16H2,1H3,(H,26,29)(H,27,28). The lowest BCUT2D eigenvalue weighted by Crippen LogP contribution is -2.46. The minimum atomic E-state index is -0.884. The zero-order valence-corrected chi connectivity index (χ0v) is 17.4. The van der Waals surface area contributed by atoms with Gasteiger partial charge in [0.15, 0.2) is 0 Å². The van der Waals surface area contributed by atoms with Crippen LogP contribution in [0.25, 0.3) is 11.1 Å². The van der Waals surface area contributed by atoms with Crippen LogP contribution in [0.15, 0.2) is 48.5 Å². The minimum absolute atomic E-state index is 0.00395. The van der Waals surface area contributed by atoms with E-state index in [-0.39, 0.29) is 19.1 Å². The van der Waals surface area contributed by atoms with Gasteiger partial charge in [0, 0.05) is 12.5 Å². The van der Waals surface area contributed by atoms with E-state index < -0.39 is 17.5 Å². The Morgan fingerprint density at radius 2 is 1.73 bits per heavy atom. The molecule has 2 aromatic carbocycles. The maximum atomic E-state index is 12.5. The van der Waals surface area contributed by atoms with Crippen LogP contribution < -0.4 is 5.32 Å². The van der Waals surface area contributed by atoms with Gasteiger partial charge >= 0.3 is 12.1 Å². The molecule has 5 nitrogen and oxygen atoms in total. The van der Waals surface area contributed by atoms with Crippen LogP contribution in [-0.2, 0) is 9.53 Å². The van der Waals surface area contributed by atoms with E-state index in [2.05, 4.69) is 36.5 Å². The second-order valence-electron chi connectivity index (χ2n) is 8.64. The highest BCUT2D eigenvalue weighted by Crippen LogP contribution is 2.44. The second kappa shape index (κ2) is 8.50. The minimum Gasteiger partial charge on any atom is -0.481 e. The van der Waals surface area contributed by atoms with Crippen LogP contribution >= 0.6 is 0 Å². The van der Waals surface area contributed by atoms with Gasteiger partial charge in [0.05, 0.1) is 5.41 Å². The number of alkyl carbamates (subject to hydrolysis) is 1. The number of hydrogen-bond donors (Lipinski definition) is 2. The molecule has 4 rings (SSSR count). The fourth-order valence-corrected chi connectivity index (χ4v) is 5.16. The van der Waals surface area contributed by atoms with Crippen LogP contribution in [0.1, 0.15) is 56.1 Å². The maximum Gasteiger partial charge on any atom is 0.407 e. The van der Waals surface area contributed by atoms with Gasteiger partial charge in [0.1, 0.15) is 6.61 Å². The van der Waals surface area contributed by atoms with Gasteiger partial charge in [-0.2, -0.15) is 0 Å². The molecule has 2 N–H and O–H groups in total. The highest BCUT2D eigenvalue weighted by Gasteiger charge is 2.43. The van der Waals surface area contributed by atoms with Gasteiger partial charge < -0.3 is 15.2 Å². The topological polar surface area (TPSA) is 75.6 Å². The SMILES string of the molecule is CCC1CCCC(CNC(=O)OCC2c3ccccc3-c3ccccc32)(C(=O)O)C1. The van der Waals surface area contributed by atoms with E-state index in [1.54, 1.807) is 0 Å². The largest absolute Gasteiger partial charge is 0.481 e. The van der Waals surface area contributed by atoms with E-state index in [9.17, 15) is 14.7 Å². The van der Waals surface area contributed by atoms with Gasteiger partial charge in [-0.1, -0.05) is 74.7 Å². The molecule has 2 atom stereocenters. The lowest BCUT2D eigenvalue weighted by molar-refractivity contribution is -0.151. The van der Waals surface area contributed by atoms with Gasteiger partial charge in [-0.15, -0.1) is 0 Å². The Bertz CT molecular complexity index is 895. The molecule has 1 amide bonds. The molecule has 0 radical (unpaired) electrons.